The maximum Gasteiger partial charge on any atom is 0.123 e. The second-order valence-electron chi connectivity index (χ2n) is 4.42. The summed E-state index contributed by atoms with van der Waals surface area (Å²) in [5.41, 5.74) is 2.25. The van der Waals surface area contributed by atoms with Crippen molar-refractivity contribution < 1.29 is 9.84 Å². The van der Waals surface area contributed by atoms with E-state index in [9.17, 15) is 0 Å². The molecule has 0 radical (unpaired) electrons. The van der Waals surface area contributed by atoms with Crippen LogP contribution in [0.15, 0.2) is 36.5 Å². The third-order valence-electron chi connectivity index (χ3n) is 3.05. The van der Waals surface area contributed by atoms with E-state index in [0.717, 1.165) is 30.9 Å². The summed E-state index contributed by atoms with van der Waals surface area (Å²) in [7, 11) is 0. The van der Waals surface area contributed by atoms with Gasteiger partial charge < -0.3 is 15.2 Å². The Labute approximate surface area is 119 Å². The number of para-hydroxylation sites is 1. The molecule has 2 N–H and O–H groups in total. The molecule has 2 rings (SSSR count). The molecule has 1 heterocycles. The van der Waals surface area contributed by atoms with Gasteiger partial charge in [0.25, 0.3) is 0 Å². The number of aromatic nitrogens is 2. The van der Waals surface area contributed by atoms with Crippen LogP contribution in [0.3, 0.4) is 0 Å². The Bertz CT molecular complexity index is 525. The molecule has 2 aromatic rings. The Balaban J connectivity index is 1.90. The molecule has 108 valence electrons. The van der Waals surface area contributed by atoms with Gasteiger partial charge in [-0.15, -0.1) is 0 Å². The van der Waals surface area contributed by atoms with Crippen LogP contribution in [-0.2, 0) is 19.6 Å². The topological polar surface area (TPSA) is 59.3 Å². The molecule has 0 saturated carbocycles. The van der Waals surface area contributed by atoms with Crippen LogP contribution >= 0.6 is 0 Å². The number of nitrogens with one attached hydrogen (secondary N) is 1. The van der Waals surface area contributed by atoms with Crippen molar-refractivity contribution in [2.45, 2.75) is 26.6 Å². The number of hydrogen-bond donors (Lipinski definition) is 2. The van der Waals surface area contributed by atoms with Gasteiger partial charge in [-0.3, -0.25) is 4.68 Å². The van der Waals surface area contributed by atoms with Crippen molar-refractivity contribution in [3.05, 3.63) is 47.8 Å². The van der Waals surface area contributed by atoms with Gasteiger partial charge in [-0.2, -0.15) is 5.10 Å². The van der Waals surface area contributed by atoms with Crippen molar-refractivity contribution in [2.24, 2.45) is 0 Å². The highest BCUT2D eigenvalue weighted by atomic mass is 16.5. The minimum Gasteiger partial charge on any atom is -0.491 e. The largest absolute Gasteiger partial charge is 0.491 e. The highest BCUT2D eigenvalue weighted by Crippen LogP contribution is 2.17. The molecular formula is C15H21N3O2. The van der Waals surface area contributed by atoms with E-state index in [4.69, 9.17) is 9.84 Å². The number of nitrogens with zero attached hydrogens (tertiary/aromatic N) is 2. The van der Waals surface area contributed by atoms with Gasteiger partial charge in [-0.25, -0.2) is 0 Å². The molecule has 0 amide bonds. The normalized spacial score (nSPS) is 10.7. The number of aliphatic hydroxyl groups is 1. The lowest BCUT2D eigenvalue weighted by Gasteiger charge is -2.11. The Kier molecular flexibility index (Phi) is 5.58. The summed E-state index contributed by atoms with van der Waals surface area (Å²) in [6.07, 6.45) is 1.82. The number of aliphatic hydroxyl groups excluding tert-OH is 1. The van der Waals surface area contributed by atoms with Gasteiger partial charge in [0.15, 0.2) is 0 Å². The lowest BCUT2D eigenvalue weighted by molar-refractivity contribution is 0.200. The first kappa shape index (κ1) is 14.6. The first-order valence-corrected chi connectivity index (χ1v) is 6.88. The first-order chi connectivity index (χ1) is 9.85. The quantitative estimate of drug-likeness (QED) is 0.767. The smallest absolute Gasteiger partial charge is 0.123 e. The minimum atomic E-state index is 0.0252. The Morgan fingerprint density at radius 1 is 1.25 bits per heavy atom. The minimum absolute atomic E-state index is 0.0252. The number of rotatable bonds is 8. The monoisotopic (exact) mass is 275 g/mol. The molecule has 20 heavy (non-hydrogen) atoms. The fourth-order valence-corrected chi connectivity index (χ4v) is 2.07. The lowest BCUT2D eigenvalue weighted by Crippen LogP contribution is -2.17. The van der Waals surface area contributed by atoms with Gasteiger partial charge in [-0.05, 0) is 19.1 Å². The van der Waals surface area contributed by atoms with Crippen molar-refractivity contribution in [3.63, 3.8) is 0 Å². The van der Waals surface area contributed by atoms with Crippen LogP contribution in [0, 0.1) is 0 Å². The fourth-order valence-electron chi connectivity index (χ4n) is 2.07. The van der Waals surface area contributed by atoms with E-state index in [0.29, 0.717) is 6.61 Å². The molecule has 5 heteroatoms. The Morgan fingerprint density at radius 3 is 2.90 bits per heavy atom. The number of aryl methyl sites for hydroxylation is 1. The fraction of sp³-hybridized carbons (Fsp3) is 0.400. The molecule has 0 fully saturated rings. The maximum absolute atomic E-state index is 8.83. The van der Waals surface area contributed by atoms with Crippen LogP contribution in [0.2, 0.25) is 0 Å². The summed E-state index contributed by atoms with van der Waals surface area (Å²) in [5, 5.41) is 16.5. The van der Waals surface area contributed by atoms with E-state index in [2.05, 4.69) is 17.3 Å². The zero-order chi connectivity index (χ0) is 14.2. The molecule has 5 nitrogen and oxygen atoms in total. The SMILES string of the molecule is CCn1nccc1CNCc1ccccc1OCCO. The average molecular weight is 275 g/mol. The lowest BCUT2D eigenvalue weighted by atomic mass is 10.2. The third-order valence-corrected chi connectivity index (χ3v) is 3.05. The van der Waals surface area contributed by atoms with Crippen molar-refractivity contribution in [1.29, 1.82) is 0 Å². The molecule has 1 aromatic heterocycles. The molecule has 1 aromatic carbocycles. The van der Waals surface area contributed by atoms with E-state index in [1.165, 1.54) is 5.69 Å². The molecule has 0 bridgehead atoms. The zero-order valence-corrected chi connectivity index (χ0v) is 11.7. The summed E-state index contributed by atoms with van der Waals surface area (Å²) >= 11 is 0. The predicted octanol–water partition coefficient (Wildman–Crippen LogP) is 1.56. The van der Waals surface area contributed by atoms with Crippen LogP contribution in [-0.4, -0.2) is 28.1 Å². The zero-order valence-electron chi connectivity index (χ0n) is 11.7. The van der Waals surface area contributed by atoms with Crippen LogP contribution in [0.4, 0.5) is 0 Å². The van der Waals surface area contributed by atoms with Gasteiger partial charge in [0.1, 0.15) is 12.4 Å². The van der Waals surface area contributed by atoms with E-state index in [1.54, 1.807) is 0 Å². The summed E-state index contributed by atoms with van der Waals surface area (Å²) in [6, 6.07) is 9.88. The van der Waals surface area contributed by atoms with Crippen LogP contribution < -0.4 is 10.1 Å². The number of ether oxygens (including phenoxy) is 1. The second-order valence-corrected chi connectivity index (χ2v) is 4.42. The summed E-state index contributed by atoms with van der Waals surface area (Å²) in [5.74, 6) is 0.818. The van der Waals surface area contributed by atoms with Crippen LogP contribution in [0.25, 0.3) is 0 Å². The predicted molar refractivity (Wildman–Crippen MR) is 77.5 cm³/mol. The van der Waals surface area contributed by atoms with Crippen molar-refractivity contribution >= 4 is 0 Å². The van der Waals surface area contributed by atoms with E-state index < -0.39 is 0 Å². The second kappa shape index (κ2) is 7.67. The first-order valence-electron chi connectivity index (χ1n) is 6.88. The summed E-state index contributed by atoms with van der Waals surface area (Å²) < 4.78 is 7.48. The molecule has 0 aliphatic heterocycles. The molecule has 0 atom stereocenters. The molecule has 0 spiro atoms. The van der Waals surface area contributed by atoms with Crippen molar-refractivity contribution in [1.82, 2.24) is 15.1 Å². The van der Waals surface area contributed by atoms with Gasteiger partial charge in [0.05, 0.1) is 12.3 Å². The van der Waals surface area contributed by atoms with E-state index >= 15 is 0 Å². The average Bonchev–Trinajstić information content (AvgIpc) is 2.94. The molecule has 0 aliphatic carbocycles. The Hall–Kier alpha value is -1.85. The van der Waals surface area contributed by atoms with Crippen molar-refractivity contribution in [3.8, 4) is 5.75 Å². The molecular weight excluding hydrogens is 254 g/mol. The summed E-state index contributed by atoms with van der Waals surface area (Å²) in [6.45, 7) is 4.78. The van der Waals surface area contributed by atoms with Gasteiger partial charge in [0, 0.05) is 31.4 Å². The third kappa shape index (κ3) is 3.82. The maximum atomic E-state index is 8.83. The van der Waals surface area contributed by atoms with E-state index in [1.807, 2.05) is 41.2 Å². The van der Waals surface area contributed by atoms with E-state index in [-0.39, 0.29) is 6.61 Å². The van der Waals surface area contributed by atoms with Crippen LogP contribution in [0.1, 0.15) is 18.2 Å². The molecule has 0 aliphatic rings. The van der Waals surface area contributed by atoms with Gasteiger partial charge in [-0.1, -0.05) is 18.2 Å². The van der Waals surface area contributed by atoms with Crippen molar-refractivity contribution in [2.75, 3.05) is 13.2 Å². The number of benzene rings is 1. The molecule has 0 unspecified atom stereocenters. The van der Waals surface area contributed by atoms with Gasteiger partial charge in [0.2, 0.25) is 0 Å². The van der Waals surface area contributed by atoms with Crippen LogP contribution in [0.5, 0.6) is 5.75 Å². The molecule has 0 saturated heterocycles. The highest BCUT2D eigenvalue weighted by molar-refractivity contribution is 5.33. The number of hydrogen-bond acceptors (Lipinski definition) is 4. The standard InChI is InChI=1S/C15H21N3O2/c1-2-18-14(7-8-17-18)12-16-11-13-5-3-4-6-15(13)20-10-9-19/h3-8,16,19H,2,9-12H2,1H3. The Morgan fingerprint density at radius 2 is 2.10 bits per heavy atom. The highest BCUT2D eigenvalue weighted by Gasteiger charge is 2.04. The summed E-state index contributed by atoms with van der Waals surface area (Å²) in [4.78, 5) is 0. The van der Waals surface area contributed by atoms with Gasteiger partial charge >= 0.3 is 0 Å².